The molecule has 20 heavy (non-hydrogen) atoms. The molecule has 112 valence electrons. The number of H-pyrrole nitrogens is 1. The van der Waals surface area contributed by atoms with Crippen LogP contribution in [0.3, 0.4) is 0 Å². The van der Waals surface area contributed by atoms with Crippen LogP contribution in [0.25, 0.3) is 0 Å². The molecular weight excluding hydrogens is 250 g/mol. The molecule has 0 radical (unpaired) electrons. The van der Waals surface area contributed by atoms with Gasteiger partial charge in [-0.25, -0.2) is 4.98 Å². The number of methoxy groups -OCH3 is 1. The second-order valence-electron chi connectivity index (χ2n) is 6.35. The molecule has 0 amide bonds. The number of ether oxygens (including phenoxy) is 1. The minimum absolute atomic E-state index is 0.477. The zero-order chi connectivity index (χ0) is 13.9. The van der Waals surface area contributed by atoms with E-state index < -0.39 is 0 Å². The highest BCUT2D eigenvalue weighted by Gasteiger charge is 2.40. The van der Waals surface area contributed by atoms with Crippen LogP contribution < -0.4 is 0 Å². The Morgan fingerprint density at radius 1 is 1.35 bits per heavy atom. The van der Waals surface area contributed by atoms with Gasteiger partial charge in [0.2, 0.25) is 0 Å². The lowest BCUT2D eigenvalue weighted by molar-refractivity contribution is 0.00209. The summed E-state index contributed by atoms with van der Waals surface area (Å²) in [5.41, 5.74) is 1.28. The third kappa shape index (κ3) is 2.91. The van der Waals surface area contributed by atoms with Gasteiger partial charge in [-0.3, -0.25) is 4.90 Å². The highest BCUT2D eigenvalue weighted by Crippen LogP contribution is 2.37. The van der Waals surface area contributed by atoms with E-state index in [0.29, 0.717) is 18.2 Å². The predicted molar refractivity (Wildman–Crippen MR) is 79.6 cm³/mol. The molecule has 2 bridgehead atoms. The Bertz CT molecular complexity index is 417. The summed E-state index contributed by atoms with van der Waals surface area (Å²) in [6, 6.07) is 1.42. The Balaban J connectivity index is 1.59. The zero-order valence-corrected chi connectivity index (χ0v) is 12.8. The first-order valence-corrected chi connectivity index (χ1v) is 8.11. The number of hydrogen-bond acceptors (Lipinski definition) is 3. The van der Waals surface area contributed by atoms with E-state index in [0.717, 1.165) is 18.8 Å². The molecule has 4 heteroatoms. The van der Waals surface area contributed by atoms with Gasteiger partial charge in [-0.1, -0.05) is 13.3 Å². The van der Waals surface area contributed by atoms with Crippen molar-refractivity contribution in [2.75, 3.05) is 7.11 Å². The lowest BCUT2D eigenvalue weighted by Gasteiger charge is -2.38. The van der Waals surface area contributed by atoms with Crippen LogP contribution in [0, 0.1) is 0 Å². The summed E-state index contributed by atoms with van der Waals surface area (Å²) in [6.45, 7) is 3.26. The maximum Gasteiger partial charge on any atom is 0.106 e. The maximum atomic E-state index is 5.57. The Hall–Kier alpha value is -0.870. The molecule has 0 aliphatic carbocycles. The number of aromatic amines is 1. The molecule has 2 aliphatic rings. The van der Waals surface area contributed by atoms with Gasteiger partial charge in [0.1, 0.15) is 5.82 Å². The number of hydrogen-bond donors (Lipinski definition) is 1. The first-order valence-electron chi connectivity index (χ1n) is 8.11. The molecule has 2 aliphatic heterocycles. The van der Waals surface area contributed by atoms with Gasteiger partial charge in [0.25, 0.3) is 0 Å². The van der Waals surface area contributed by atoms with Gasteiger partial charge in [-0.05, 0) is 32.1 Å². The third-order valence-corrected chi connectivity index (χ3v) is 4.98. The molecule has 1 aromatic rings. The summed E-state index contributed by atoms with van der Waals surface area (Å²) in [5.74, 6) is 1.15. The van der Waals surface area contributed by atoms with Crippen molar-refractivity contribution in [3.05, 3.63) is 17.7 Å². The smallest absolute Gasteiger partial charge is 0.106 e. The normalized spacial score (nSPS) is 30.0. The average molecular weight is 277 g/mol. The van der Waals surface area contributed by atoms with E-state index in [-0.39, 0.29) is 0 Å². The molecule has 3 heterocycles. The number of nitrogens with zero attached hydrogens (tertiary/aromatic N) is 2. The molecule has 0 spiro atoms. The molecule has 2 saturated heterocycles. The number of imidazole rings is 1. The summed E-state index contributed by atoms with van der Waals surface area (Å²) < 4.78 is 5.57. The summed E-state index contributed by atoms with van der Waals surface area (Å²) in [5, 5.41) is 0. The van der Waals surface area contributed by atoms with Crippen molar-refractivity contribution < 1.29 is 4.74 Å². The number of aromatic nitrogens is 2. The zero-order valence-electron chi connectivity index (χ0n) is 12.8. The second-order valence-corrected chi connectivity index (χ2v) is 6.35. The predicted octanol–water partition coefficient (Wildman–Crippen LogP) is 2.89. The minimum Gasteiger partial charge on any atom is -0.381 e. The number of nitrogens with one attached hydrogen (secondary N) is 1. The molecule has 1 unspecified atom stereocenters. The van der Waals surface area contributed by atoms with Crippen LogP contribution in [0.1, 0.15) is 57.0 Å². The highest BCUT2D eigenvalue weighted by molar-refractivity contribution is 5.05. The van der Waals surface area contributed by atoms with Gasteiger partial charge in [0, 0.05) is 44.0 Å². The molecule has 2 fully saturated rings. The van der Waals surface area contributed by atoms with Crippen molar-refractivity contribution >= 4 is 0 Å². The number of unbranched alkanes of at least 4 members (excludes halogenated alkanes) is 1. The minimum atomic E-state index is 0.477. The number of aryl methyl sites for hydroxylation is 1. The topological polar surface area (TPSA) is 41.2 Å². The van der Waals surface area contributed by atoms with Gasteiger partial charge in [-0.2, -0.15) is 0 Å². The van der Waals surface area contributed by atoms with Crippen LogP contribution in [0.4, 0.5) is 0 Å². The van der Waals surface area contributed by atoms with Crippen LogP contribution in [-0.4, -0.2) is 40.2 Å². The van der Waals surface area contributed by atoms with Crippen molar-refractivity contribution in [1.82, 2.24) is 14.9 Å². The second kappa shape index (κ2) is 6.27. The maximum absolute atomic E-state index is 5.57. The molecule has 0 saturated carbocycles. The van der Waals surface area contributed by atoms with E-state index in [1.165, 1.54) is 44.2 Å². The van der Waals surface area contributed by atoms with Gasteiger partial charge < -0.3 is 9.72 Å². The molecule has 3 rings (SSSR count). The fourth-order valence-corrected chi connectivity index (χ4v) is 3.83. The van der Waals surface area contributed by atoms with E-state index in [2.05, 4.69) is 21.8 Å². The summed E-state index contributed by atoms with van der Waals surface area (Å²) in [4.78, 5) is 10.7. The van der Waals surface area contributed by atoms with Crippen molar-refractivity contribution in [3.63, 3.8) is 0 Å². The summed E-state index contributed by atoms with van der Waals surface area (Å²) in [7, 11) is 1.86. The molecule has 3 atom stereocenters. The van der Waals surface area contributed by atoms with Crippen LogP contribution in [-0.2, 0) is 17.7 Å². The van der Waals surface area contributed by atoms with E-state index in [1.54, 1.807) is 0 Å². The molecule has 0 aromatic carbocycles. The van der Waals surface area contributed by atoms with Crippen molar-refractivity contribution in [1.29, 1.82) is 0 Å². The largest absolute Gasteiger partial charge is 0.381 e. The highest BCUT2D eigenvalue weighted by atomic mass is 16.5. The Morgan fingerprint density at radius 2 is 2.10 bits per heavy atom. The first-order chi connectivity index (χ1) is 9.80. The van der Waals surface area contributed by atoms with Gasteiger partial charge in [0.15, 0.2) is 0 Å². The summed E-state index contributed by atoms with van der Waals surface area (Å²) in [6.07, 6.45) is 11.1. The monoisotopic (exact) mass is 277 g/mol. The standard InChI is InChI=1S/C16H27N3O/c1-3-4-5-16-17-10-12(18-16)11-19-13-6-7-14(19)9-15(8-13)20-2/h10,13-15H,3-9,11H2,1-2H3,(H,17,18)/t13-,14+,15?. The molecule has 1 aromatic heterocycles. The first kappa shape index (κ1) is 14.1. The Kier molecular flexibility index (Phi) is 4.41. The van der Waals surface area contributed by atoms with Crippen molar-refractivity contribution in [2.24, 2.45) is 0 Å². The van der Waals surface area contributed by atoms with Gasteiger partial charge in [0.05, 0.1) is 6.10 Å². The van der Waals surface area contributed by atoms with Crippen LogP contribution >= 0.6 is 0 Å². The summed E-state index contributed by atoms with van der Waals surface area (Å²) >= 11 is 0. The Morgan fingerprint density at radius 3 is 2.75 bits per heavy atom. The van der Waals surface area contributed by atoms with E-state index >= 15 is 0 Å². The molecule has 1 N–H and O–H groups in total. The van der Waals surface area contributed by atoms with Crippen LogP contribution in [0.2, 0.25) is 0 Å². The van der Waals surface area contributed by atoms with Gasteiger partial charge >= 0.3 is 0 Å². The lowest BCUT2D eigenvalue weighted by atomic mass is 9.99. The Labute approximate surface area is 121 Å². The van der Waals surface area contributed by atoms with E-state index in [9.17, 15) is 0 Å². The average Bonchev–Trinajstić information content (AvgIpc) is 2.99. The lowest BCUT2D eigenvalue weighted by Crippen LogP contribution is -2.44. The number of piperidine rings is 1. The van der Waals surface area contributed by atoms with Crippen LogP contribution in [0.5, 0.6) is 0 Å². The third-order valence-electron chi connectivity index (χ3n) is 4.98. The van der Waals surface area contributed by atoms with E-state index in [1.807, 2.05) is 13.3 Å². The molecule has 4 nitrogen and oxygen atoms in total. The van der Waals surface area contributed by atoms with Crippen LogP contribution in [0.15, 0.2) is 6.20 Å². The number of rotatable bonds is 6. The van der Waals surface area contributed by atoms with Crippen molar-refractivity contribution in [3.8, 4) is 0 Å². The number of fused-ring (bicyclic) bond motifs is 2. The van der Waals surface area contributed by atoms with Crippen molar-refractivity contribution in [2.45, 2.75) is 76.6 Å². The fraction of sp³-hybridized carbons (Fsp3) is 0.812. The van der Waals surface area contributed by atoms with Gasteiger partial charge in [-0.15, -0.1) is 0 Å². The van der Waals surface area contributed by atoms with E-state index in [4.69, 9.17) is 4.74 Å². The quantitative estimate of drug-likeness (QED) is 0.869. The molecular formula is C16H27N3O. The SMILES string of the molecule is CCCCc1ncc(CN2[C@@H]3CC[C@H]2CC(OC)C3)[nH]1. The fourth-order valence-electron chi connectivity index (χ4n) is 3.83.